The van der Waals surface area contributed by atoms with Gasteiger partial charge in [-0.3, -0.25) is 14.9 Å². The predicted octanol–water partition coefficient (Wildman–Crippen LogP) is 5.17. The molecule has 2 aliphatic heterocycles. The molecule has 2 aliphatic rings. The first kappa shape index (κ1) is 30.5. The number of nitrogens with zero attached hydrogens (tertiary/aromatic N) is 4. The van der Waals surface area contributed by atoms with Crippen LogP contribution in [0.15, 0.2) is 71.8 Å². The minimum atomic E-state index is -0.854. The summed E-state index contributed by atoms with van der Waals surface area (Å²) in [5.74, 6) is -1.76. The quantitative estimate of drug-likeness (QED) is 0.0462. The fraction of sp³-hybridized carbons (Fsp3) is 0.323. The molecule has 1 saturated heterocycles. The maximum absolute atomic E-state index is 13.7. The number of amides is 1. The van der Waals surface area contributed by atoms with E-state index in [1.54, 1.807) is 30.0 Å². The van der Waals surface area contributed by atoms with Crippen molar-refractivity contribution in [1.29, 1.82) is 0 Å². The van der Waals surface area contributed by atoms with E-state index in [0.29, 0.717) is 12.1 Å². The molecule has 10 nitrogen and oxygen atoms in total. The highest BCUT2D eigenvalue weighted by molar-refractivity contribution is 9.08. The number of aliphatic hydroxyl groups excluding tert-OH is 1. The van der Waals surface area contributed by atoms with Crippen LogP contribution in [0.1, 0.15) is 35.4 Å². The second-order valence-electron chi connectivity index (χ2n) is 11.0. The van der Waals surface area contributed by atoms with E-state index in [2.05, 4.69) is 49.2 Å². The van der Waals surface area contributed by atoms with E-state index in [1.165, 1.54) is 40.3 Å². The van der Waals surface area contributed by atoms with Crippen molar-refractivity contribution < 1.29 is 28.9 Å². The van der Waals surface area contributed by atoms with Crippen molar-refractivity contribution in [2.75, 3.05) is 6.26 Å². The number of halogens is 1. The zero-order valence-electron chi connectivity index (χ0n) is 24.2. The highest BCUT2D eigenvalue weighted by atomic mass is 79.9. The van der Waals surface area contributed by atoms with Crippen LogP contribution in [-0.4, -0.2) is 49.6 Å². The summed E-state index contributed by atoms with van der Waals surface area (Å²) in [4.78, 5) is 40.7. The lowest BCUT2D eigenvalue weighted by atomic mass is 9.77. The summed E-state index contributed by atoms with van der Waals surface area (Å²) in [6.07, 6.45) is 5.22. The molecule has 6 rings (SSSR count). The zero-order valence-corrected chi connectivity index (χ0v) is 27.4. The van der Waals surface area contributed by atoms with Crippen LogP contribution in [0.3, 0.4) is 0 Å². The van der Waals surface area contributed by atoms with Gasteiger partial charge >= 0.3 is 5.97 Å². The number of carbonyl (C=O) groups excluding carboxylic acids is 2. The number of ether oxygens (including phenoxy) is 1. The lowest BCUT2D eigenvalue weighted by molar-refractivity contribution is -0.721. The normalized spacial score (nSPS) is 20.2. The summed E-state index contributed by atoms with van der Waals surface area (Å²) in [7, 11) is 0. The van der Waals surface area contributed by atoms with Gasteiger partial charge in [0.25, 0.3) is 12.0 Å². The Balaban J connectivity index is 1.34. The smallest absolute Gasteiger partial charge is 0.355 e. The number of esters is 1. The number of hydrogen-bond acceptors (Lipinski definition) is 8. The summed E-state index contributed by atoms with van der Waals surface area (Å²) in [6, 6.07) is 13.9. The number of benzene rings is 2. The van der Waals surface area contributed by atoms with Crippen LogP contribution in [0.5, 0.6) is 0 Å². The first-order chi connectivity index (χ1) is 21.1. The number of aromatic nitrogens is 2. The summed E-state index contributed by atoms with van der Waals surface area (Å²) >= 11 is 6.70. The maximum Gasteiger partial charge on any atom is 0.355 e. The van der Waals surface area contributed by atoms with Crippen molar-refractivity contribution in [3.05, 3.63) is 98.4 Å². The number of fused-ring (bicyclic) bond motifs is 2. The van der Waals surface area contributed by atoms with Crippen molar-refractivity contribution in [2.45, 2.75) is 49.5 Å². The number of carbonyl (C=O) groups is 2. The Kier molecular flexibility index (Phi) is 8.40. The summed E-state index contributed by atoms with van der Waals surface area (Å²) in [5.41, 5.74) is 3.85. The molecule has 228 valence electrons. The number of aliphatic hydroxyl groups is 1. The number of thioether (sulfide) groups is 1. The van der Waals surface area contributed by atoms with Gasteiger partial charge in [0.15, 0.2) is 0 Å². The average molecular weight is 699 g/mol. The summed E-state index contributed by atoms with van der Waals surface area (Å²) in [5, 5.41) is 23.3. The molecule has 13 heteroatoms. The summed E-state index contributed by atoms with van der Waals surface area (Å²) in [6.45, 7) is 4.19. The molecule has 4 aromatic rings. The molecule has 0 radical (unpaired) electrons. The van der Waals surface area contributed by atoms with E-state index in [1.807, 2.05) is 25.7 Å². The number of nitro benzene ring substituents is 1. The van der Waals surface area contributed by atoms with Crippen molar-refractivity contribution >= 4 is 67.0 Å². The minimum Gasteiger partial charge on any atom is -0.456 e. The number of β-lactam (4-membered cyclic amide) rings is 1. The Bertz CT molecular complexity index is 1800. The largest absolute Gasteiger partial charge is 0.456 e. The number of hydrogen-bond donors (Lipinski definition) is 1. The van der Waals surface area contributed by atoms with E-state index >= 15 is 0 Å². The lowest BCUT2D eigenvalue weighted by Crippen LogP contribution is -2.63. The standard InChI is InChI=1S/C31H30BrN4O6S2/c1-17-24(23-14-34-16-33(29(43-3)30(34)44-23)13-20-6-4-19(12-32)5-7-20)27(35-26(17)25(18(2)37)28(35)38)31(39)42-15-21-8-10-22(11-9-21)36(40)41/h4-11,14,16-18,25-26,37H,12-13,15H2,1-3H3/q+1/t17-,18+,25+,26+/m0/s1. The molecule has 0 unspecified atom stereocenters. The van der Waals surface area contributed by atoms with Crippen LogP contribution >= 0.6 is 39.0 Å². The van der Waals surface area contributed by atoms with Gasteiger partial charge < -0.3 is 14.7 Å². The Labute approximate surface area is 270 Å². The van der Waals surface area contributed by atoms with Crippen LogP contribution in [0.4, 0.5) is 5.69 Å². The van der Waals surface area contributed by atoms with Gasteiger partial charge in [-0.05, 0) is 42.0 Å². The Morgan fingerprint density at radius 1 is 1.18 bits per heavy atom. The third kappa shape index (κ3) is 5.25. The lowest BCUT2D eigenvalue weighted by Gasteiger charge is -2.46. The topological polar surface area (TPSA) is 118 Å². The monoisotopic (exact) mass is 697 g/mol. The first-order valence-electron chi connectivity index (χ1n) is 14.0. The molecule has 0 spiro atoms. The second kappa shape index (κ2) is 12.1. The molecule has 1 N–H and O–H groups in total. The fourth-order valence-corrected chi connectivity index (χ4v) is 8.67. The maximum atomic E-state index is 13.7. The number of non-ortho nitro benzene ring substituents is 1. The van der Waals surface area contributed by atoms with Crippen LogP contribution in [0.25, 0.3) is 10.4 Å². The molecule has 44 heavy (non-hydrogen) atoms. The Morgan fingerprint density at radius 2 is 1.84 bits per heavy atom. The van der Waals surface area contributed by atoms with Crippen molar-refractivity contribution in [3.8, 4) is 0 Å². The number of alkyl halides is 1. The van der Waals surface area contributed by atoms with Crippen LogP contribution in [0, 0.1) is 22.0 Å². The minimum absolute atomic E-state index is 0.0551. The van der Waals surface area contributed by atoms with E-state index in [9.17, 15) is 24.8 Å². The predicted molar refractivity (Wildman–Crippen MR) is 170 cm³/mol. The van der Waals surface area contributed by atoms with E-state index in [4.69, 9.17) is 4.74 Å². The van der Waals surface area contributed by atoms with E-state index in [-0.39, 0.29) is 35.9 Å². The van der Waals surface area contributed by atoms with Gasteiger partial charge in [-0.1, -0.05) is 70.2 Å². The average Bonchev–Trinajstić information content (AvgIpc) is 3.63. The summed E-state index contributed by atoms with van der Waals surface area (Å²) < 4.78 is 9.94. The van der Waals surface area contributed by atoms with Gasteiger partial charge in [0.05, 0.1) is 27.9 Å². The molecule has 2 aromatic heterocycles. The van der Waals surface area contributed by atoms with Gasteiger partial charge in [-0.25, -0.2) is 9.36 Å². The van der Waals surface area contributed by atoms with Crippen LogP contribution in [0.2, 0.25) is 0 Å². The molecule has 0 aliphatic carbocycles. The number of rotatable bonds is 10. The number of thiazole rings is 1. The SMILES string of the molecule is CSc1c2sc(C3=C(C(=O)OCc4ccc([N+](=O)[O-])cc4)N4C(=O)[C@H]([C@@H](C)O)[C@H]4[C@H]3C)cn2c[n+]1Cc1ccc(CBr)cc1. The molecule has 4 atom stereocenters. The first-order valence-corrected chi connectivity index (χ1v) is 17.2. The highest BCUT2D eigenvalue weighted by Gasteiger charge is 2.60. The van der Waals surface area contributed by atoms with Crippen molar-refractivity contribution in [2.24, 2.45) is 11.8 Å². The third-order valence-corrected chi connectivity index (χ3v) is 11.0. The van der Waals surface area contributed by atoms with Gasteiger partial charge in [0.1, 0.15) is 25.0 Å². The molecule has 1 fully saturated rings. The molecule has 4 heterocycles. The molecule has 1 amide bonds. The van der Waals surface area contributed by atoms with Crippen LogP contribution < -0.4 is 4.57 Å². The van der Waals surface area contributed by atoms with Crippen LogP contribution in [-0.2, 0) is 32.8 Å². The molecule has 0 bridgehead atoms. The second-order valence-corrected chi connectivity index (χ2v) is 13.4. The van der Waals surface area contributed by atoms with Crippen molar-refractivity contribution in [3.63, 3.8) is 0 Å². The van der Waals surface area contributed by atoms with Gasteiger partial charge in [-0.15, -0.1) is 0 Å². The number of imidazole rings is 1. The van der Waals surface area contributed by atoms with Gasteiger partial charge in [0, 0.05) is 29.0 Å². The van der Waals surface area contributed by atoms with Gasteiger partial charge in [0.2, 0.25) is 15.8 Å². The molecule has 2 aromatic carbocycles. The fourth-order valence-electron chi connectivity index (χ4n) is 6.12. The zero-order chi connectivity index (χ0) is 31.3. The van der Waals surface area contributed by atoms with Gasteiger partial charge in [-0.2, -0.15) is 4.40 Å². The Morgan fingerprint density at radius 3 is 2.45 bits per heavy atom. The van der Waals surface area contributed by atoms with E-state index < -0.39 is 22.9 Å². The molecule has 0 saturated carbocycles. The van der Waals surface area contributed by atoms with E-state index in [0.717, 1.165) is 25.6 Å². The molecular weight excluding hydrogens is 668 g/mol. The van der Waals surface area contributed by atoms with Crippen molar-refractivity contribution in [1.82, 2.24) is 9.30 Å². The number of nitro groups is 1. The molecular formula is C31H30BrN4O6S2+. The highest BCUT2D eigenvalue weighted by Crippen LogP contribution is 2.52. The third-order valence-electron chi connectivity index (χ3n) is 8.28. The Hall–Kier alpha value is -3.52.